The highest BCUT2D eigenvalue weighted by atomic mass is 16.6. The van der Waals surface area contributed by atoms with E-state index in [4.69, 9.17) is 14.2 Å². The van der Waals surface area contributed by atoms with Gasteiger partial charge >= 0.3 is 24.0 Å². The van der Waals surface area contributed by atoms with Crippen LogP contribution in [0.15, 0.2) is 23.3 Å². The molecule has 0 radical (unpaired) electrons. The molecule has 0 bridgehead atoms. The maximum Gasteiger partial charge on any atom is 0.410 e. The van der Waals surface area contributed by atoms with Crippen molar-refractivity contribution in [2.45, 2.75) is 165 Å². The van der Waals surface area contributed by atoms with Crippen LogP contribution in [0.3, 0.4) is 0 Å². The number of methoxy groups -OCH3 is 1. The molecule has 9 heteroatoms. The summed E-state index contributed by atoms with van der Waals surface area (Å²) < 4.78 is 16.8. The van der Waals surface area contributed by atoms with Crippen molar-refractivity contribution < 1.29 is 38.5 Å². The number of fused-ring (bicyclic) bond motifs is 7. The topological polar surface area (TPSA) is 119 Å². The SMILES string of the molecule is C=C(C)[C@@H]1CCC2(C#CC3=C(C(=O)O)CN(C(=O)OC(C)(C)C)CC3)CC[C@]3(C)C(CCC4[C@@]5(C)CC[C@H](OC(=O)CC(C)(C)C(=O)OC)C(C)(C)C5CC[C@]43C)C12. The first-order valence-electron chi connectivity index (χ1n) is 22.2. The Balaban J connectivity index is 1.26. The summed E-state index contributed by atoms with van der Waals surface area (Å²) in [5.74, 6) is 7.74. The van der Waals surface area contributed by atoms with Crippen LogP contribution in [-0.4, -0.2) is 65.9 Å². The van der Waals surface area contributed by atoms with Gasteiger partial charge in [-0.15, -0.1) is 0 Å². The quantitative estimate of drug-likeness (QED) is 0.122. The number of carbonyl (C=O) groups is 4. The van der Waals surface area contributed by atoms with Crippen molar-refractivity contribution in [1.82, 2.24) is 4.90 Å². The van der Waals surface area contributed by atoms with E-state index >= 15 is 0 Å². The van der Waals surface area contributed by atoms with Gasteiger partial charge in [0.05, 0.1) is 31.1 Å². The second-order valence-electron chi connectivity index (χ2n) is 22.4. The maximum absolute atomic E-state index is 13.3. The minimum atomic E-state index is -1.03. The van der Waals surface area contributed by atoms with Crippen LogP contribution in [-0.2, 0) is 28.6 Å². The Morgan fingerprint density at radius 3 is 2.19 bits per heavy atom. The molecule has 5 unspecified atom stereocenters. The van der Waals surface area contributed by atoms with Gasteiger partial charge in [-0.05, 0) is 158 Å². The fourth-order valence-corrected chi connectivity index (χ4v) is 14.2. The maximum atomic E-state index is 13.3. The summed E-state index contributed by atoms with van der Waals surface area (Å²) in [6, 6.07) is 0. The zero-order valence-electron chi connectivity index (χ0n) is 37.8. The van der Waals surface area contributed by atoms with Gasteiger partial charge in [0.25, 0.3) is 0 Å². The first kappa shape index (κ1) is 44.3. The van der Waals surface area contributed by atoms with E-state index in [1.54, 1.807) is 13.8 Å². The molecule has 5 fully saturated rings. The summed E-state index contributed by atoms with van der Waals surface area (Å²) in [6.45, 7) is 28.4. The number of nitrogens with zero attached hydrogens (tertiary/aromatic N) is 1. The first-order chi connectivity index (χ1) is 26.8. The Hall–Kier alpha value is -3.28. The third-order valence-electron chi connectivity index (χ3n) is 17.3. The monoisotopic (exact) mass is 804 g/mol. The molecular weight excluding hydrogens is 731 g/mol. The first-order valence-corrected chi connectivity index (χ1v) is 22.2. The number of carboxylic acid groups (broad SMARTS) is 1. The number of carboxylic acids is 1. The lowest BCUT2D eigenvalue weighted by Crippen LogP contribution is -2.66. The van der Waals surface area contributed by atoms with Crippen molar-refractivity contribution in [1.29, 1.82) is 0 Å². The molecule has 5 saturated carbocycles. The van der Waals surface area contributed by atoms with E-state index in [0.29, 0.717) is 48.1 Å². The standard InChI is InChI=1S/C49H73NO8/c1-30(2)32-17-24-49(23-16-31-20-27-50(29-33(31)40(52)53)42(55)58-43(3,4)5)26-25-47(11)34(39(32)49)14-15-36-46(10)21-19-37(45(8,9)35(46)18-22-48(36,47)12)57-38(51)28-44(6,7)41(54)56-13/h32,34-37,39H,1,14-15,17-22,24-29H2,2-13H3,(H,52,53)/t32-,34?,35?,36?,37-,39?,46-,47+,48+,49?/m0/s1. The summed E-state index contributed by atoms with van der Waals surface area (Å²) in [6.07, 6.45) is 10.2. The van der Waals surface area contributed by atoms with Gasteiger partial charge in [0.2, 0.25) is 0 Å². The van der Waals surface area contributed by atoms with Gasteiger partial charge in [-0.1, -0.05) is 58.6 Å². The van der Waals surface area contributed by atoms with Crippen LogP contribution in [0.4, 0.5) is 4.79 Å². The zero-order valence-corrected chi connectivity index (χ0v) is 37.8. The van der Waals surface area contributed by atoms with E-state index in [9.17, 15) is 24.3 Å². The minimum Gasteiger partial charge on any atom is -0.478 e. The van der Waals surface area contributed by atoms with E-state index in [2.05, 4.69) is 60.0 Å². The fourth-order valence-electron chi connectivity index (χ4n) is 14.2. The van der Waals surface area contributed by atoms with Crippen LogP contribution < -0.4 is 0 Å². The third-order valence-corrected chi connectivity index (χ3v) is 17.3. The molecule has 0 spiro atoms. The molecule has 1 aliphatic heterocycles. The largest absolute Gasteiger partial charge is 0.478 e. The molecule has 1 N–H and O–H groups in total. The molecule has 0 aromatic carbocycles. The van der Waals surface area contributed by atoms with Crippen LogP contribution >= 0.6 is 0 Å². The van der Waals surface area contributed by atoms with Gasteiger partial charge in [0.15, 0.2) is 0 Å². The van der Waals surface area contributed by atoms with Crippen LogP contribution in [0.1, 0.15) is 153 Å². The summed E-state index contributed by atoms with van der Waals surface area (Å²) in [5, 5.41) is 10.3. The van der Waals surface area contributed by atoms with Gasteiger partial charge in [-0.2, -0.15) is 0 Å². The average molecular weight is 804 g/mol. The summed E-state index contributed by atoms with van der Waals surface area (Å²) in [5.41, 5.74) is 0.393. The van der Waals surface area contributed by atoms with Gasteiger partial charge in [-0.3, -0.25) is 9.59 Å². The highest BCUT2D eigenvalue weighted by Crippen LogP contribution is 2.77. The predicted molar refractivity (Wildman–Crippen MR) is 224 cm³/mol. The number of hydrogen-bond donors (Lipinski definition) is 1. The number of allylic oxidation sites excluding steroid dienone is 1. The number of aliphatic carboxylic acids is 1. The van der Waals surface area contributed by atoms with Crippen LogP contribution in [0.2, 0.25) is 0 Å². The second kappa shape index (κ2) is 15.0. The number of esters is 2. The van der Waals surface area contributed by atoms with Crippen LogP contribution in [0.5, 0.6) is 0 Å². The number of hydrogen-bond acceptors (Lipinski definition) is 7. The molecular formula is C49H73NO8. The molecule has 0 aromatic heterocycles. The fraction of sp³-hybridized carbons (Fsp3) is 0.796. The normalized spacial score (nSPS) is 38.1. The summed E-state index contributed by atoms with van der Waals surface area (Å²) >= 11 is 0. The van der Waals surface area contributed by atoms with Crippen molar-refractivity contribution in [2.24, 2.45) is 62.1 Å². The lowest BCUT2D eigenvalue weighted by Gasteiger charge is -2.72. The molecule has 58 heavy (non-hydrogen) atoms. The second-order valence-corrected chi connectivity index (χ2v) is 22.4. The molecule has 0 saturated heterocycles. The molecule has 1 amide bonds. The van der Waals surface area contributed by atoms with E-state index in [0.717, 1.165) is 64.2 Å². The summed E-state index contributed by atoms with van der Waals surface area (Å²) in [4.78, 5) is 52.7. The van der Waals surface area contributed by atoms with Crippen molar-refractivity contribution in [2.75, 3.05) is 20.2 Å². The Bertz CT molecular complexity index is 1810. The minimum absolute atomic E-state index is 0.00212. The number of rotatable bonds is 6. The lowest BCUT2D eigenvalue weighted by molar-refractivity contribution is -0.247. The Kier molecular flexibility index (Phi) is 11.5. The number of carbonyl (C=O) groups excluding carboxylic acids is 3. The highest BCUT2D eigenvalue weighted by molar-refractivity contribution is 5.90. The third kappa shape index (κ3) is 7.33. The smallest absolute Gasteiger partial charge is 0.410 e. The Morgan fingerprint density at radius 2 is 1.57 bits per heavy atom. The lowest BCUT2D eigenvalue weighted by atomic mass is 9.32. The molecule has 6 aliphatic rings. The Morgan fingerprint density at radius 1 is 0.879 bits per heavy atom. The van der Waals surface area contributed by atoms with E-state index in [-0.39, 0.29) is 57.7 Å². The van der Waals surface area contributed by atoms with Crippen LogP contribution in [0.25, 0.3) is 0 Å². The van der Waals surface area contributed by atoms with Crippen molar-refractivity contribution in [3.05, 3.63) is 23.3 Å². The van der Waals surface area contributed by atoms with Gasteiger partial charge < -0.3 is 24.2 Å². The molecule has 5 aliphatic carbocycles. The Labute approximate surface area is 348 Å². The number of amides is 1. The van der Waals surface area contributed by atoms with Gasteiger partial charge in [0.1, 0.15) is 11.7 Å². The molecule has 6 rings (SSSR count). The van der Waals surface area contributed by atoms with Gasteiger partial charge in [0, 0.05) is 22.9 Å². The molecule has 0 aromatic rings. The molecule has 322 valence electrons. The molecule has 10 atom stereocenters. The molecule has 9 nitrogen and oxygen atoms in total. The van der Waals surface area contributed by atoms with E-state index in [1.807, 2.05) is 20.8 Å². The van der Waals surface area contributed by atoms with Crippen LogP contribution in [0, 0.1) is 73.9 Å². The van der Waals surface area contributed by atoms with Gasteiger partial charge in [-0.25, -0.2) is 9.59 Å². The average Bonchev–Trinajstić information content (AvgIpc) is 3.51. The van der Waals surface area contributed by atoms with E-state index in [1.165, 1.54) is 17.6 Å². The zero-order chi connectivity index (χ0) is 43.0. The summed E-state index contributed by atoms with van der Waals surface area (Å²) in [7, 11) is 1.36. The van der Waals surface area contributed by atoms with Crippen molar-refractivity contribution in [3.8, 4) is 11.8 Å². The highest BCUT2D eigenvalue weighted by Gasteiger charge is 2.71. The van der Waals surface area contributed by atoms with Crippen molar-refractivity contribution >= 4 is 24.0 Å². The van der Waals surface area contributed by atoms with Crippen molar-refractivity contribution in [3.63, 3.8) is 0 Å². The van der Waals surface area contributed by atoms with E-state index < -0.39 is 29.0 Å². The predicted octanol–water partition coefficient (Wildman–Crippen LogP) is 10.2. The number of ether oxygens (including phenoxy) is 3. The molecule has 1 heterocycles.